The minimum atomic E-state index is -0.645. The smallest absolute Gasteiger partial charge is 0.315 e. The van der Waals surface area contributed by atoms with Crippen LogP contribution < -0.4 is 10.6 Å². The summed E-state index contributed by atoms with van der Waals surface area (Å²) in [5.74, 6) is -1.27. The zero-order valence-electron chi connectivity index (χ0n) is 10.9. The summed E-state index contributed by atoms with van der Waals surface area (Å²) in [5.41, 5.74) is 0.281. The van der Waals surface area contributed by atoms with Gasteiger partial charge in [0.15, 0.2) is 0 Å². The van der Waals surface area contributed by atoms with Gasteiger partial charge < -0.3 is 10.6 Å². The first kappa shape index (κ1) is 13.8. The van der Waals surface area contributed by atoms with Gasteiger partial charge in [-0.25, -0.2) is 13.6 Å². The molecular formula is C14H18F2N2O. The highest BCUT2D eigenvalue weighted by Gasteiger charge is 2.19. The molecule has 1 saturated carbocycles. The van der Waals surface area contributed by atoms with Crippen molar-refractivity contribution >= 4 is 6.03 Å². The summed E-state index contributed by atoms with van der Waals surface area (Å²) in [5, 5.41) is 5.53. The molecule has 0 unspecified atom stereocenters. The van der Waals surface area contributed by atoms with Gasteiger partial charge in [-0.3, -0.25) is 0 Å². The van der Waals surface area contributed by atoms with Crippen LogP contribution in [0.5, 0.6) is 0 Å². The van der Waals surface area contributed by atoms with E-state index in [9.17, 15) is 13.6 Å². The van der Waals surface area contributed by atoms with Crippen LogP contribution in [0.25, 0.3) is 0 Å². The van der Waals surface area contributed by atoms with E-state index in [0.29, 0.717) is 0 Å². The molecule has 1 aromatic carbocycles. The van der Waals surface area contributed by atoms with Crippen LogP contribution in [-0.4, -0.2) is 12.1 Å². The normalized spacial score (nSPS) is 17.2. The maximum Gasteiger partial charge on any atom is 0.315 e. The minimum Gasteiger partial charge on any atom is -0.335 e. The van der Waals surface area contributed by atoms with Crippen molar-refractivity contribution in [1.82, 2.24) is 10.6 Å². The number of benzene rings is 1. The van der Waals surface area contributed by atoms with E-state index < -0.39 is 17.7 Å². The Morgan fingerprint density at radius 2 is 2.00 bits per heavy atom. The van der Waals surface area contributed by atoms with Crippen LogP contribution in [0, 0.1) is 11.6 Å². The van der Waals surface area contributed by atoms with Gasteiger partial charge in [-0.05, 0) is 25.8 Å². The molecule has 5 heteroatoms. The Morgan fingerprint density at radius 3 is 2.63 bits per heavy atom. The fourth-order valence-electron chi connectivity index (χ4n) is 2.42. The second-order valence-corrected chi connectivity index (χ2v) is 4.99. The number of carbonyl (C=O) groups excluding carboxylic acids is 1. The van der Waals surface area contributed by atoms with E-state index in [0.717, 1.165) is 31.7 Å². The average molecular weight is 268 g/mol. The maximum absolute atomic E-state index is 13.5. The van der Waals surface area contributed by atoms with E-state index in [-0.39, 0.29) is 17.6 Å². The van der Waals surface area contributed by atoms with Gasteiger partial charge in [-0.15, -0.1) is 0 Å². The molecule has 1 aliphatic carbocycles. The van der Waals surface area contributed by atoms with Gasteiger partial charge in [0.2, 0.25) is 0 Å². The molecule has 104 valence electrons. The number of carbonyl (C=O) groups is 1. The van der Waals surface area contributed by atoms with Crippen molar-refractivity contribution in [1.29, 1.82) is 0 Å². The summed E-state index contributed by atoms with van der Waals surface area (Å²) in [7, 11) is 0. The number of halogens is 2. The Hall–Kier alpha value is -1.65. The first-order valence-corrected chi connectivity index (χ1v) is 6.58. The summed E-state index contributed by atoms with van der Waals surface area (Å²) in [6, 6.07) is 2.77. The molecule has 0 aromatic heterocycles. The van der Waals surface area contributed by atoms with Gasteiger partial charge in [-0.2, -0.15) is 0 Å². The fourth-order valence-corrected chi connectivity index (χ4v) is 2.42. The van der Waals surface area contributed by atoms with Gasteiger partial charge >= 0.3 is 6.03 Å². The quantitative estimate of drug-likeness (QED) is 0.868. The van der Waals surface area contributed by atoms with Crippen molar-refractivity contribution in [3.63, 3.8) is 0 Å². The number of nitrogens with one attached hydrogen (secondary N) is 2. The molecular weight excluding hydrogens is 250 g/mol. The zero-order valence-corrected chi connectivity index (χ0v) is 10.9. The number of amides is 2. The van der Waals surface area contributed by atoms with Crippen molar-refractivity contribution in [2.75, 3.05) is 0 Å². The molecule has 1 fully saturated rings. The van der Waals surface area contributed by atoms with E-state index in [1.54, 1.807) is 6.92 Å². The largest absolute Gasteiger partial charge is 0.335 e. The summed E-state index contributed by atoms with van der Waals surface area (Å²) in [4.78, 5) is 11.7. The van der Waals surface area contributed by atoms with Crippen LogP contribution >= 0.6 is 0 Å². The van der Waals surface area contributed by atoms with E-state index in [2.05, 4.69) is 10.6 Å². The molecule has 0 saturated heterocycles. The number of rotatable bonds is 3. The standard InChI is InChI=1S/C14H18F2N2O/c1-9(12-7-6-10(15)8-13(12)16)17-14(19)18-11-4-2-3-5-11/h6-9,11H,2-5H2,1H3,(H2,17,18,19)/t9-/m0/s1. The average Bonchev–Trinajstić information content (AvgIpc) is 2.81. The lowest BCUT2D eigenvalue weighted by molar-refractivity contribution is 0.234. The van der Waals surface area contributed by atoms with E-state index >= 15 is 0 Å². The van der Waals surface area contributed by atoms with Crippen molar-refractivity contribution in [2.45, 2.75) is 44.7 Å². The third-order valence-electron chi connectivity index (χ3n) is 3.47. The lowest BCUT2D eigenvalue weighted by Gasteiger charge is -2.18. The number of hydrogen-bond donors (Lipinski definition) is 2. The van der Waals surface area contributed by atoms with Crippen LogP contribution in [0.1, 0.15) is 44.2 Å². The second-order valence-electron chi connectivity index (χ2n) is 4.99. The van der Waals surface area contributed by atoms with Crippen molar-refractivity contribution in [3.05, 3.63) is 35.4 Å². The minimum absolute atomic E-state index is 0.213. The summed E-state index contributed by atoms with van der Waals surface area (Å²) >= 11 is 0. The third-order valence-corrected chi connectivity index (χ3v) is 3.47. The van der Waals surface area contributed by atoms with Gasteiger partial charge in [0.1, 0.15) is 11.6 Å². The lowest BCUT2D eigenvalue weighted by atomic mass is 10.1. The lowest BCUT2D eigenvalue weighted by Crippen LogP contribution is -2.42. The van der Waals surface area contributed by atoms with Crippen molar-refractivity contribution in [2.24, 2.45) is 0 Å². The molecule has 19 heavy (non-hydrogen) atoms. The summed E-state index contributed by atoms with van der Waals surface area (Å²) in [6.45, 7) is 1.67. The number of urea groups is 1. The molecule has 2 rings (SSSR count). The highest BCUT2D eigenvalue weighted by atomic mass is 19.1. The molecule has 0 radical (unpaired) electrons. The topological polar surface area (TPSA) is 41.1 Å². The molecule has 1 aromatic rings. The van der Waals surface area contributed by atoms with E-state index in [1.807, 2.05) is 0 Å². The summed E-state index contributed by atoms with van der Waals surface area (Å²) in [6.07, 6.45) is 4.25. The molecule has 2 amide bonds. The first-order valence-electron chi connectivity index (χ1n) is 6.58. The Kier molecular flexibility index (Phi) is 4.35. The van der Waals surface area contributed by atoms with Gasteiger partial charge in [0.25, 0.3) is 0 Å². The third kappa shape index (κ3) is 3.66. The monoisotopic (exact) mass is 268 g/mol. The Morgan fingerprint density at radius 1 is 1.32 bits per heavy atom. The highest BCUT2D eigenvalue weighted by Crippen LogP contribution is 2.19. The van der Waals surface area contributed by atoms with Crippen LogP contribution in [0.2, 0.25) is 0 Å². The molecule has 0 spiro atoms. The van der Waals surface area contributed by atoms with E-state index in [1.165, 1.54) is 12.1 Å². The molecule has 0 heterocycles. The Balaban J connectivity index is 1.92. The SMILES string of the molecule is C[C@H](NC(=O)NC1CCCC1)c1ccc(F)cc1F. The fraction of sp³-hybridized carbons (Fsp3) is 0.500. The van der Waals surface area contributed by atoms with Crippen LogP contribution in [0.15, 0.2) is 18.2 Å². The Labute approximate surface area is 111 Å². The van der Waals surface area contributed by atoms with Crippen LogP contribution in [0.4, 0.5) is 13.6 Å². The van der Waals surface area contributed by atoms with Gasteiger partial charge in [0, 0.05) is 17.7 Å². The molecule has 2 N–H and O–H groups in total. The molecule has 0 aliphatic heterocycles. The molecule has 0 bridgehead atoms. The van der Waals surface area contributed by atoms with Crippen molar-refractivity contribution in [3.8, 4) is 0 Å². The Bertz CT molecular complexity index is 459. The van der Waals surface area contributed by atoms with Gasteiger partial charge in [0.05, 0.1) is 6.04 Å². The molecule has 3 nitrogen and oxygen atoms in total. The van der Waals surface area contributed by atoms with Crippen LogP contribution in [0.3, 0.4) is 0 Å². The number of hydrogen-bond acceptors (Lipinski definition) is 1. The summed E-state index contributed by atoms with van der Waals surface area (Å²) < 4.78 is 26.3. The predicted octanol–water partition coefficient (Wildman–Crippen LogP) is 3.27. The second kappa shape index (κ2) is 5.99. The molecule has 1 atom stereocenters. The van der Waals surface area contributed by atoms with Crippen LogP contribution in [-0.2, 0) is 0 Å². The maximum atomic E-state index is 13.5. The predicted molar refractivity (Wildman–Crippen MR) is 68.7 cm³/mol. The van der Waals surface area contributed by atoms with E-state index in [4.69, 9.17) is 0 Å². The van der Waals surface area contributed by atoms with Gasteiger partial charge in [-0.1, -0.05) is 18.9 Å². The zero-order chi connectivity index (χ0) is 13.8. The first-order chi connectivity index (χ1) is 9.06. The molecule has 1 aliphatic rings. The van der Waals surface area contributed by atoms with Crippen molar-refractivity contribution < 1.29 is 13.6 Å². The highest BCUT2D eigenvalue weighted by molar-refractivity contribution is 5.74.